The van der Waals surface area contributed by atoms with E-state index < -0.39 is 11.4 Å². The molecule has 23 heavy (non-hydrogen) atoms. The molecule has 1 fully saturated rings. The van der Waals surface area contributed by atoms with Crippen molar-refractivity contribution in [2.24, 2.45) is 10.8 Å². The zero-order valence-corrected chi connectivity index (χ0v) is 14.5. The van der Waals surface area contributed by atoms with E-state index in [9.17, 15) is 14.7 Å². The predicted octanol–water partition coefficient (Wildman–Crippen LogP) is 3.84. The summed E-state index contributed by atoms with van der Waals surface area (Å²) in [6.07, 6.45) is 2.15. The van der Waals surface area contributed by atoms with Crippen molar-refractivity contribution in [1.29, 1.82) is 0 Å². The minimum atomic E-state index is -0.849. The average Bonchev–Trinajstić information content (AvgIpc) is 2.39. The van der Waals surface area contributed by atoms with Crippen molar-refractivity contribution < 1.29 is 14.7 Å². The Labute approximate surface area is 138 Å². The molecule has 1 atom stereocenters. The standard InChI is InChI=1S/C19H27NO3/c1-13-8-5-6-9-14(13)16(18(2,3)4)20-15(21)12-19(17(22)23)10-7-11-19/h5-6,8-9,16H,7,10-12H2,1-4H3,(H,20,21)(H,22,23). The van der Waals surface area contributed by atoms with Gasteiger partial charge < -0.3 is 10.4 Å². The van der Waals surface area contributed by atoms with Crippen molar-refractivity contribution in [3.63, 3.8) is 0 Å². The monoisotopic (exact) mass is 317 g/mol. The molecule has 1 saturated carbocycles. The summed E-state index contributed by atoms with van der Waals surface area (Å²) < 4.78 is 0. The fraction of sp³-hybridized carbons (Fsp3) is 0.579. The number of nitrogens with one attached hydrogen (secondary N) is 1. The molecule has 4 heteroatoms. The quantitative estimate of drug-likeness (QED) is 0.867. The van der Waals surface area contributed by atoms with Crippen LogP contribution in [0.1, 0.15) is 63.6 Å². The number of carboxylic acids is 1. The number of amides is 1. The summed E-state index contributed by atoms with van der Waals surface area (Å²) in [6, 6.07) is 7.88. The van der Waals surface area contributed by atoms with Crippen molar-refractivity contribution in [2.45, 2.75) is 59.4 Å². The third kappa shape index (κ3) is 3.74. The zero-order valence-electron chi connectivity index (χ0n) is 14.5. The number of aliphatic carboxylic acids is 1. The van der Waals surface area contributed by atoms with E-state index in [2.05, 4.69) is 26.1 Å². The molecule has 0 radical (unpaired) electrons. The molecule has 0 saturated heterocycles. The molecule has 1 aliphatic carbocycles. The molecule has 0 spiro atoms. The number of carbonyl (C=O) groups excluding carboxylic acids is 1. The zero-order chi connectivity index (χ0) is 17.3. The number of hydrogen-bond donors (Lipinski definition) is 2. The molecule has 0 bridgehead atoms. The maximum Gasteiger partial charge on any atom is 0.310 e. The van der Waals surface area contributed by atoms with Crippen LogP contribution in [0.25, 0.3) is 0 Å². The van der Waals surface area contributed by atoms with Crippen molar-refractivity contribution in [3.05, 3.63) is 35.4 Å². The molecule has 126 valence electrons. The van der Waals surface area contributed by atoms with Gasteiger partial charge in [0.2, 0.25) is 5.91 Å². The van der Waals surface area contributed by atoms with Crippen LogP contribution in [0.15, 0.2) is 24.3 Å². The van der Waals surface area contributed by atoms with Gasteiger partial charge in [0.15, 0.2) is 0 Å². The number of aryl methyl sites for hydroxylation is 1. The lowest BCUT2D eigenvalue weighted by Gasteiger charge is -2.38. The number of rotatable bonds is 5. The highest BCUT2D eigenvalue weighted by atomic mass is 16.4. The molecule has 2 N–H and O–H groups in total. The van der Waals surface area contributed by atoms with E-state index in [-0.39, 0.29) is 23.8 Å². The second-order valence-corrected chi connectivity index (χ2v) is 7.84. The van der Waals surface area contributed by atoms with Gasteiger partial charge in [0.25, 0.3) is 0 Å². The first kappa shape index (κ1) is 17.5. The fourth-order valence-corrected chi connectivity index (χ4v) is 3.26. The minimum absolute atomic E-state index is 0.0702. The van der Waals surface area contributed by atoms with Crippen LogP contribution in [0, 0.1) is 17.8 Å². The van der Waals surface area contributed by atoms with Gasteiger partial charge in [0.1, 0.15) is 0 Å². The largest absolute Gasteiger partial charge is 0.481 e. The molecular formula is C19H27NO3. The van der Waals surface area contributed by atoms with Crippen molar-refractivity contribution in [2.75, 3.05) is 0 Å². The Morgan fingerprint density at radius 2 is 1.87 bits per heavy atom. The SMILES string of the molecule is Cc1ccccc1C(NC(=O)CC1(C(=O)O)CCC1)C(C)(C)C. The fourth-order valence-electron chi connectivity index (χ4n) is 3.26. The summed E-state index contributed by atoms with van der Waals surface area (Å²) in [5.41, 5.74) is 1.21. The van der Waals surface area contributed by atoms with Gasteiger partial charge in [-0.1, -0.05) is 51.5 Å². The maximum absolute atomic E-state index is 12.5. The third-order valence-corrected chi connectivity index (χ3v) is 4.93. The van der Waals surface area contributed by atoms with Gasteiger partial charge in [-0.25, -0.2) is 0 Å². The molecule has 1 aliphatic rings. The molecule has 0 aromatic heterocycles. The Kier molecular flexibility index (Phi) is 4.83. The molecule has 4 nitrogen and oxygen atoms in total. The molecule has 1 unspecified atom stereocenters. The van der Waals surface area contributed by atoms with Crippen LogP contribution in [-0.2, 0) is 9.59 Å². The molecule has 0 heterocycles. The van der Waals surface area contributed by atoms with Crippen LogP contribution < -0.4 is 5.32 Å². The van der Waals surface area contributed by atoms with E-state index in [1.165, 1.54) is 0 Å². The van der Waals surface area contributed by atoms with Crippen molar-refractivity contribution in [3.8, 4) is 0 Å². The van der Waals surface area contributed by atoms with Crippen LogP contribution in [0.3, 0.4) is 0 Å². The van der Waals surface area contributed by atoms with Gasteiger partial charge in [0.05, 0.1) is 11.5 Å². The van der Waals surface area contributed by atoms with Gasteiger partial charge in [-0.2, -0.15) is 0 Å². The summed E-state index contributed by atoms with van der Waals surface area (Å²) in [5.74, 6) is -1.02. The Balaban J connectivity index is 2.18. The second-order valence-electron chi connectivity index (χ2n) is 7.84. The van der Waals surface area contributed by atoms with Crippen LogP contribution in [0.5, 0.6) is 0 Å². The van der Waals surface area contributed by atoms with E-state index in [0.29, 0.717) is 12.8 Å². The maximum atomic E-state index is 12.5. The van der Waals surface area contributed by atoms with E-state index in [4.69, 9.17) is 0 Å². The Morgan fingerprint density at radius 1 is 1.26 bits per heavy atom. The molecule has 0 aliphatic heterocycles. The Morgan fingerprint density at radius 3 is 2.30 bits per heavy atom. The lowest BCUT2D eigenvalue weighted by atomic mass is 9.66. The summed E-state index contributed by atoms with van der Waals surface area (Å²) in [4.78, 5) is 24.0. The highest BCUT2D eigenvalue weighted by Gasteiger charge is 2.46. The summed E-state index contributed by atoms with van der Waals surface area (Å²) in [7, 11) is 0. The first-order valence-electron chi connectivity index (χ1n) is 8.24. The van der Waals surface area contributed by atoms with Crippen LogP contribution in [0.2, 0.25) is 0 Å². The van der Waals surface area contributed by atoms with Gasteiger partial charge in [0, 0.05) is 6.42 Å². The minimum Gasteiger partial charge on any atom is -0.481 e. The predicted molar refractivity (Wildman–Crippen MR) is 90.1 cm³/mol. The smallest absolute Gasteiger partial charge is 0.310 e. The molecule has 1 aromatic carbocycles. The molecule has 1 amide bonds. The Hall–Kier alpha value is -1.84. The Bertz CT molecular complexity index is 597. The summed E-state index contributed by atoms with van der Waals surface area (Å²) in [6.45, 7) is 8.28. The van der Waals surface area contributed by atoms with Gasteiger partial charge in [-0.05, 0) is 36.3 Å². The number of benzene rings is 1. The number of carbonyl (C=O) groups is 2. The topological polar surface area (TPSA) is 66.4 Å². The third-order valence-electron chi connectivity index (χ3n) is 4.93. The van der Waals surface area contributed by atoms with Gasteiger partial charge in [-0.15, -0.1) is 0 Å². The van der Waals surface area contributed by atoms with E-state index in [1.54, 1.807) is 0 Å². The van der Waals surface area contributed by atoms with Crippen LogP contribution in [0.4, 0.5) is 0 Å². The highest BCUT2D eigenvalue weighted by Crippen LogP contribution is 2.44. The number of carboxylic acid groups (broad SMARTS) is 1. The van der Waals surface area contributed by atoms with E-state index in [1.807, 2.05) is 31.2 Å². The normalized spacial score (nSPS) is 17.9. The average molecular weight is 317 g/mol. The van der Waals surface area contributed by atoms with Crippen molar-refractivity contribution in [1.82, 2.24) is 5.32 Å². The molecule has 2 rings (SSSR count). The molecule has 1 aromatic rings. The molecular weight excluding hydrogens is 290 g/mol. The second kappa shape index (κ2) is 6.34. The van der Waals surface area contributed by atoms with E-state index >= 15 is 0 Å². The lowest BCUT2D eigenvalue weighted by molar-refractivity contribution is -0.157. The van der Waals surface area contributed by atoms with Crippen LogP contribution >= 0.6 is 0 Å². The van der Waals surface area contributed by atoms with E-state index in [0.717, 1.165) is 17.5 Å². The first-order valence-corrected chi connectivity index (χ1v) is 8.24. The highest BCUT2D eigenvalue weighted by molar-refractivity contribution is 5.86. The van der Waals surface area contributed by atoms with Gasteiger partial charge in [-0.3, -0.25) is 9.59 Å². The summed E-state index contributed by atoms with van der Waals surface area (Å²) >= 11 is 0. The van der Waals surface area contributed by atoms with Crippen LogP contribution in [-0.4, -0.2) is 17.0 Å². The number of hydrogen-bond acceptors (Lipinski definition) is 2. The first-order chi connectivity index (χ1) is 10.7. The van der Waals surface area contributed by atoms with Gasteiger partial charge >= 0.3 is 5.97 Å². The van der Waals surface area contributed by atoms with Crippen molar-refractivity contribution >= 4 is 11.9 Å². The summed E-state index contributed by atoms with van der Waals surface area (Å²) in [5, 5.41) is 12.5. The lowest BCUT2D eigenvalue weighted by Crippen LogP contribution is -2.45.